The fraction of sp³-hybridized carbons (Fsp3) is 0.320. The van der Waals surface area contributed by atoms with Gasteiger partial charge in [0, 0.05) is 5.69 Å². The number of benzene rings is 2. The second kappa shape index (κ2) is 10.6. The van der Waals surface area contributed by atoms with Crippen LogP contribution in [0.5, 0.6) is 11.5 Å². The highest BCUT2D eigenvalue weighted by Gasteiger charge is 2.36. The smallest absolute Gasteiger partial charge is 0.294 e. The lowest BCUT2D eigenvalue weighted by molar-refractivity contribution is -0.127. The lowest BCUT2D eigenvalue weighted by atomic mass is 10.1. The molecule has 1 atom stereocenters. The molecule has 1 fully saturated rings. The molecule has 1 N–H and O–H groups in total. The number of ether oxygens (including phenoxy) is 2. The van der Waals surface area contributed by atoms with Crippen molar-refractivity contribution in [3.05, 3.63) is 58.0 Å². The summed E-state index contributed by atoms with van der Waals surface area (Å²) in [6, 6.07) is 11.0. The number of nitrogens with one attached hydrogen (secondary N) is 1. The Hall–Kier alpha value is -3.26. The van der Waals surface area contributed by atoms with Gasteiger partial charge < -0.3 is 14.8 Å². The predicted molar refractivity (Wildman–Crippen MR) is 131 cm³/mol. The minimum Gasteiger partial charge on any atom is -0.493 e. The summed E-state index contributed by atoms with van der Waals surface area (Å²) in [4.78, 5) is 38.9. The molecule has 1 saturated heterocycles. The van der Waals surface area contributed by atoms with Crippen molar-refractivity contribution in [2.75, 3.05) is 19.0 Å². The highest BCUT2D eigenvalue weighted by molar-refractivity contribution is 8.18. The fourth-order valence-electron chi connectivity index (χ4n) is 3.35. The number of thioether (sulfide) groups is 1. The molecule has 2 aromatic rings. The van der Waals surface area contributed by atoms with Crippen LogP contribution in [0.15, 0.2) is 41.3 Å². The molecule has 0 aliphatic carbocycles. The van der Waals surface area contributed by atoms with E-state index in [0.717, 1.165) is 34.2 Å². The summed E-state index contributed by atoms with van der Waals surface area (Å²) in [7, 11) is 1.55. The number of imide groups is 1. The van der Waals surface area contributed by atoms with Gasteiger partial charge >= 0.3 is 0 Å². The van der Waals surface area contributed by atoms with Gasteiger partial charge in [0.2, 0.25) is 5.91 Å². The Kier molecular flexibility index (Phi) is 7.81. The van der Waals surface area contributed by atoms with E-state index in [1.54, 1.807) is 31.4 Å². The van der Waals surface area contributed by atoms with Crippen LogP contribution < -0.4 is 14.8 Å². The normalized spacial score (nSPS) is 15.7. The molecule has 0 aromatic heterocycles. The maximum atomic E-state index is 12.8. The zero-order valence-corrected chi connectivity index (χ0v) is 20.2. The van der Waals surface area contributed by atoms with Crippen LogP contribution in [-0.4, -0.2) is 41.7 Å². The van der Waals surface area contributed by atoms with Crippen LogP contribution in [0.1, 0.15) is 37.0 Å². The average molecular weight is 469 g/mol. The lowest BCUT2D eigenvalue weighted by Gasteiger charge is -2.15. The van der Waals surface area contributed by atoms with E-state index in [-0.39, 0.29) is 17.6 Å². The van der Waals surface area contributed by atoms with Gasteiger partial charge in [0.25, 0.3) is 11.1 Å². The molecule has 1 aliphatic rings. The van der Waals surface area contributed by atoms with Crippen LogP contribution in [0, 0.1) is 13.8 Å². The number of carbonyl (C=O) groups excluding carboxylic acids is 3. The van der Waals surface area contributed by atoms with E-state index in [1.165, 1.54) is 0 Å². The molecule has 3 rings (SSSR count). The first-order valence-electron chi connectivity index (χ1n) is 10.7. The number of carbonyl (C=O) groups is 3. The predicted octanol–water partition coefficient (Wildman–Crippen LogP) is 5.16. The minimum absolute atomic E-state index is 0.0381. The molecule has 3 amide bonds. The number of hydrogen-bond acceptors (Lipinski definition) is 6. The summed E-state index contributed by atoms with van der Waals surface area (Å²) in [5.41, 5.74) is 3.34. The van der Waals surface area contributed by atoms with Crippen LogP contribution in [0.2, 0.25) is 0 Å². The Balaban J connectivity index is 1.72. The maximum Gasteiger partial charge on any atom is 0.294 e. The monoisotopic (exact) mass is 468 g/mol. The highest BCUT2D eigenvalue weighted by Crippen LogP contribution is 2.35. The summed E-state index contributed by atoms with van der Waals surface area (Å²) in [6.07, 6.45) is 2.51. The van der Waals surface area contributed by atoms with E-state index in [9.17, 15) is 14.4 Å². The van der Waals surface area contributed by atoms with Crippen LogP contribution >= 0.6 is 11.8 Å². The van der Waals surface area contributed by atoms with E-state index < -0.39 is 17.1 Å². The Morgan fingerprint density at radius 3 is 2.45 bits per heavy atom. The van der Waals surface area contributed by atoms with E-state index in [1.807, 2.05) is 45.9 Å². The molecule has 0 bridgehead atoms. The van der Waals surface area contributed by atoms with Gasteiger partial charge in [-0.1, -0.05) is 19.1 Å². The van der Waals surface area contributed by atoms with Gasteiger partial charge in [-0.25, -0.2) is 0 Å². The Morgan fingerprint density at radius 1 is 1.12 bits per heavy atom. The van der Waals surface area contributed by atoms with Crippen molar-refractivity contribution in [3.63, 3.8) is 0 Å². The van der Waals surface area contributed by atoms with Crippen LogP contribution in [0.25, 0.3) is 6.08 Å². The fourth-order valence-corrected chi connectivity index (χ4v) is 4.19. The summed E-state index contributed by atoms with van der Waals surface area (Å²) in [5.74, 6) is 0.215. The molecular formula is C25H28N2O5S. The number of amides is 3. The molecule has 0 saturated carbocycles. The summed E-state index contributed by atoms with van der Waals surface area (Å²) in [6.45, 7) is 7.52. The number of nitrogens with zero attached hydrogens (tertiary/aromatic N) is 1. The maximum absolute atomic E-state index is 12.8. The number of aryl methyl sites for hydroxylation is 2. The molecular weight excluding hydrogens is 440 g/mol. The second-order valence-electron chi connectivity index (χ2n) is 7.94. The zero-order chi connectivity index (χ0) is 24.1. The first-order valence-corrected chi connectivity index (χ1v) is 11.5. The summed E-state index contributed by atoms with van der Waals surface area (Å²) >= 11 is 0.808. The summed E-state index contributed by atoms with van der Waals surface area (Å²) in [5, 5.41) is 2.27. The van der Waals surface area contributed by atoms with E-state index in [0.29, 0.717) is 22.7 Å². The molecule has 1 aliphatic heterocycles. The van der Waals surface area contributed by atoms with Crippen LogP contribution in [-0.2, 0) is 9.59 Å². The number of anilines is 1. The zero-order valence-electron chi connectivity index (χ0n) is 19.4. The molecule has 33 heavy (non-hydrogen) atoms. The van der Waals surface area contributed by atoms with Crippen molar-refractivity contribution in [1.29, 1.82) is 0 Å². The number of hydrogen-bond donors (Lipinski definition) is 1. The standard InChI is InChI=1S/C25H28N2O5S/c1-6-17(4)32-20-8-7-18(12-21(20)31-5)13-22-24(29)27(25(30)33-22)14-23(28)26-19-10-15(2)9-16(3)11-19/h7-13,17H,6,14H2,1-5H3,(H,26,28)/b22-13-/t17-/m1/s1. The first kappa shape index (κ1) is 24.4. The van der Waals surface area contributed by atoms with E-state index in [4.69, 9.17) is 9.47 Å². The van der Waals surface area contributed by atoms with Crippen molar-refractivity contribution in [1.82, 2.24) is 4.90 Å². The van der Waals surface area contributed by atoms with Gasteiger partial charge in [0.05, 0.1) is 18.1 Å². The Bertz CT molecular complexity index is 1090. The van der Waals surface area contributed by atoms with Crippen molar-refractivity contribution in [2.24, 2.45) is 0 Å². The van der Waals surface area contributed by atoms with Gasteiger partial charge in [-0.15, -0.1) is 0 Å². The third-order valence-electron chi connectivity index (χ3n) is 5.07. The summed E-state index contributed by atoms with van der Waals surface area (Å²) < 4.78 is 11.3. The third kappa shape index (κ3) is 6.16. The molecule has 2 aromatic carbocycles. The number of rotatable bonds is 8. The van der Waals surface area contributed by atoms with Gasteiger partial charge in [-0.05, 0) is 86.0 Å². The Morgan fingerprint density at radius 2 is 1.82 bits per heavy atom. The highest BCUT2D eigenvalue weighted by atomic mass is 32.2. The Labute approximate surface area is 198 Å². The lowest BCUT2D eigenvalue weighted by Crippen LogP contribution is -2.36. The van der Waals surface area contributed by atoms with E-state index >= 15 is 0 Å². The van der Waals surface area contributed by atoms with Crippen molar-refractivity contribution in [3.8, 4) is 11.5 Å². The quantitative estimate of drug-likeness (QED) is 0.539. The minimum atomic E-state index is -0.500. The average Bonchev–Trinajstić information content (AvgIpc) is 3.01. The molecule has 0 spiro atoms. The molecule has 0 unspecified atom stereocenters. The van der Waals surface area contributed by atoms with Crippen molar-refractivity contribution >= 4 is 40.6 Å². The molecule has 7 nitrogen and oxygen atoms in total. The van der Waals surface area contributed by atoms with Crippen molar-refractivity contribution < 1.29 is 23.9 Å². The van der Waals surface area contributed by atoms with E-state index in [2.05, 4.69) is 5.32 Å². The van der Waals surface area contributed by atoms with Gasteiger partial charge in [0.1, 0.15) is 6.54 Å². The van der Waals surface area contributed by atoms with Crippen LogP contribution in [0.3, 0.4) is 0 Å². The topological polar surface area (TPSA) is 84.9 Å². The van der Waals surface area contributed by atoms with Gasteiger partial charge in [-0.3, -0.25) is 19.3 Å². The van der Waals surface area contributed by atoms with Crippen LogP contribution in [0.4, 0.5) is 10.5 Å². The number of methoxy groups -OCH3 is 1. The first-order chi connectivity index (χ1) is 15.7. The van der Waals surface area contributed by atoms with Gasteiger partial charge in [0.15, 0.2) is 11.5 Å². The van der Waals surface area contributed by atoms with Gasteiger partial charge in [-0.2, -0.15) is 0 Å². The molecule has 0 radical (unpaired) electrons. The molecule has 174 valence electrons. The third-order valence-corrected chi connectivity index (χ3v) is 5.98. The van der Waals surface area contributed by atoms with Crippen molar-refractivity contribution in [2.45, 2.75) is 40.2 Å². The largest absolute Gasteiger partial charge is 0.493 e. The molecule has 1 heterocycles. The molecule has 8 heteroatoms. The second-order valence-corrected chi connectivity index (χ2v) is 8.93. The SMILES string of the molecule is CC[C@@H](C)Oc1ccc(/C=C2\SC(=O)N(CC(=O)Nc3cc(C)cc(C)c3)C2=O)cc1OC.